The van der Waals surface area contributed by atoms with Crippen molar-refractivity contribution in [3.05, 3.63) is 83.3 Å². The Labute approximate surface area is 164 Å². The number of hydrogen-bond acceptors (Lipinski definition) is 5. The SMILES string of the molecule is C=C(/C=C\C=C1/CN=C(c2cccc(C(F)(F)F)c2)N1)C(=O)Nc1cc(C)on1. The van der Waals surface area contributed by atoms with Crippen molar-refractivity contribution in [2.45, 2.75) is 13.1 Å². The Balaban J connectivity index is 1.58. The number of rotatable bonds is 5. The first kappa shape index (κ1) is 20.1. The summed E-state index contributed by atoms with van der Waals surface area (Å²) in [5.74, 6) is 0.772. The Morgan fingerprint density at radius 3 is 2.83 bits per heavy atom. The maximum Gasteiger partial charge on any atom is 0.416 e. The second kappa shape index (κ2) is 8.17. The summed E-state index contributed by atoms with van der Waals surface area (Å²) >= 11 is 0. The Kier molecular flexibility index (Phi) is 5.67. The van der Waals surface area contributed by atoms with Gasteiger partial charge in [0.25, 0.3) is 5.91 Å². The van der Waals surface area contributed by atoms with Gasteiger partial charge in [-0.3, -0.25) is 9.79 Å². The average molecular weight is 402 g/mol. The largest absolute Gasteiger partial charge is 0.416 e. The number of nitrogens with zero attached hydrogens (tertiary/aromatic N) is 2. The number of aryl methyl sites for hydroxylation is 1. The monoisotopic (exact) mass is 402 g/mol. The third-order valence-electron chi connectivity index (χ3n) is 3.91. The molecule has 1 aromatic carbocycles. The van der Waals surface area contributed by atoms with Gasteiger partial charge in [-0.05, 0) is 31.2 Å². The molecular weight excluding hydrogens is 385 g/mol. The molecule has 1 amide bonds. The standard InChI is InChI=1S/C20H17F3N4O2/c1-12(19(28)26-17-9-13(2)29-27-17)5-3-8-16-11-24-18(25-16)14-6-4-7-15(10-14)20(21,22)23/h3-10H,1,11H2,2H3,(H,24,25)(H,26,27,28)/b5-3-,16-8+. The van der Waals surface area contributed by atoms with Crippen LogP contribution in [0.25, 0.3) is 0 Å². The highest BCUT2D eigenvalue weighted by Gasteiger charge is 2.30. The number of nitrogens with one attached hydrogen (secondary N) is 2. The van der Waals surface area contributed by atoms with Crippen molar-refractivity contribution in [3.8, 4) is 0 Å². The molecule has 1 aliphatic rings. The number of halogens is 3. The molecule has 2 aromatic rings. The highest BCUT2D eigenvalue weighted by Crippen LogP contribution is 2.29. The van der Waals surface area contributed by atoms with Gasteiger partial charge < -0.3 is 15.2 Å². The first-order valence-electron chi connectivity index (χ1n) is 8.52. The van der Waals surface area contributed by atoms with Crippen LogP contribution in [0.15, 0.2) is 75.9 Å². The molecule has 0 saturated carbocycles. The van der Waals surface area contributed by atoms with Crippen LogP contribution < -0.4 is 10.6 Å². The molecule has 9 heteroatoms. The van der Waals surface area contributed by atoms with Crippen LogP contribution in [0.4, 0.5) is 19.0 Å². The number of aromatic nitrogens is 1. The number of allylic oxidation sites excluding steroid dienone is 2. The number of carbonyl (C=O) groups is 1. The number of carbonyl (C=O) groups excluding carboxylic acids is 1. The number of aliphatic imine (C=N–C) groups is 1. The lowest BCUT2D eigenvalue weighted by Crippen LogP contribution is -2.19. The van der Waals surface area contributed by atoms with Gasteiger partial charge in [-0.2, -0.15) is 13.2 Å². The molecular formula is C20H17F3N4O2. The van der Waals surface area contributed by atoms with E-state index in [9.17, 15) is 18.0 Å². The molecule has 29 heavy (non-hydrogen) atoms. The van der Waals surface area contributed by atoms with Crippen LogP contribution in [0.1, 0.15) is 16.9 Å². The Bertz CT molecular complexity index is 1030. The summed E-state index contributed by atoms with van der Waals surface area (Å²) in [6.07, 6.45) is 0.354. The molecule has 2 heterocycles. The van der Waals surface area contributed by atoms with Crippen LogP contribution in [0.3, 0.4) is 0 Å². The van der Waals surface area contributed by atoms with E-state index in [4.69, 9.17) is 4.52 Å². The van der Waals surface area contributed by atoms with E-state index in [0.29, 0.717) is 22.9 Å². The Morgan fingerprint density at radius 2 is 2.14 bits per heavy atom. The van der Waals surface area contributed by atoms with E-state index >= 15 is 0 Å². The molecule has 0 spiro atoms. The molecule has 6 nitrogen and oxygen atoms in total. The Hall–Kier alpha value is -3.62. The third kappa shape index (κ3) is 5.22. The van der Waals surface area contributed by atoms with E-state index in [2.05, 4.69) is 27.4 Å². The maximum atomic E-state index is 12.8. The summed E-state index contributed by atoms with van der Waals surface area (Å²) in [6, 6.07) is 6.52. The molecule has 1 aliphatic heterocycles. The number of amides is 1. The van der Waals surface area contributed by atoms with Gasteiger partial charge in [0.1, 0.15) is 11.6 Å². The van der Waals surface area contributed by atoms with Gasteiger partial charge in [0.05, 0.1) is 12.1 Å². The van der Waals surface area contributed by atoms with Crippen molar-refractivity contribution in [1.29, 1.82) is 0 Å². The smallest absolute Gasteiger partial charge is 0.360 e. The molecule has 1 aromatic heterocycles. The second-order valence-corrected chi connectivity index (χ2v) is 6.22. The zero-order chi connectivity index (χ0) is 21.0. The van der Waals surface area contributed by atoms with Gasteiger partial charge in [-0.25, -0.2) is 0 Å². The fraction of sp³-hybridized carbons (Fsp3) is 0.150. The highest BCUT2D eigenvalue weighted by atomic mass is 19.4. The quantitative estimate of drug-likeness (QED) is 0.586. The van der Waals surface area contributed by atoms with Crippen molar-refractivity contribution in [2.75, 3.05) is 11.9 Å². The molecule has 0 radical (unpaired) electrons. The summed E-state index contributed by atoms with van der Waals surface area (Å²) in [7, 11) is 0. The first-order valence-corrected chi connectivity index (χ1v) is 8.52. The van der Waals surface area contributed by atoms with Crippen molar-refractivity contribution in [2.24, 2.45) is 4.99 Å². The first-order chi connectivity index (χ1) is 13.7. The maximum absolute atomic E-state index is 12.8. The van der Waals surface area contributed by atoms with Gasteiger partial charge >= 0.3 is 6.18 Å². The van der Waals surface area contributed by atoms with Crippen LogP contribution in [0.2, 0.25) is 0 Å². The molecule has 150 valence electrons. The number of anilines is 1. The van der Waals surface area contributed by atoms with Crippen LogP contribution >= 0.6 is 0 Å². The second-order valence-electron chi connectivity index (χ2n) is 6.22. The molecule has 0 unspecified atom stereocenters. The summed E-state index contributed by atoms with van der Waals surface area (Å²) in [5.41, 5.74) is 0.480. The van der Waals surface area contributed by atoms with Crippen LogP contribution in [0, 0.1) is 6.92 Å². The average Bonchev–Trinajstić information content (AvgIpc) is 3.30. The lowest BCUT2D eigenvalue weighted by molar-refractivity contribution is -0.137. The minimum atomic E-state index is -4.41. The summed E-state index contributed by atoms with van der Waals surface area (Å²) in [5, 5.41) is 9.17. The number of benzene rings is 1. The fourth-order valence-corrected chi connectivity index (χ4v) is 2.47. The van der Waals surface area contributed by atoms with Gasteiger partial charge in [-0.1, -0.05) is 29.9 Å². The van der Waals surface area contributed by atoms with E-state index < -0.39 is 17.6 Å². The van der Waals surface area contributed by atoms with Crippen molar-refractivity contribution >= 4 is 17.6 Å². The molecule has 0 saturated heterocycles. The van der Waals surface area contributed by atoms with E-state index in [0.717, 1.165) is 12.1 Å². The molecule has 0 bridgehead atoms. The predicted octanol–water partition coefficient (Wildman–Crippen LogP) is 3.99. The minimum Gasteiger partial charge on any atom is -0.360 e. The topological polar surface area (TPSA) is 79.5 Å². The van der Waals surface area contributed by atoms with Crippen molar-refractivity contribution in [3.63, 3.8) is 0 Å². The molecule has 0 fully saturated rings. The van der Waals surface area contributed by atoms with Gasteiger partial charge in [0.2, 0.25) is 0 Å². The lowest BCUT2D eigenvalue weighted by Gasteiger charge is -2.09. The minimum absolute atomic E-state index is 0.194. The van der Waals surface area contributed by atoms with Crippen molar-refractivity contribution in [1.82, 2.24) is 10.5 Å². The van der Waals surface area contributed by atoms with Crippen LogP contribution in [-0.2, 0) is 11.0 Å². The van der Waals surface area contributed by atoms with E-state index in [1.807, 2.05) is 0 Å². The zero-order valence-electron chi connectivity index (χ0n) is 15.4. The molecule has 0 atom stereocenters. The zero-order valence-corrected chi connectivity index (χ0v) is 15.4. The summed E-state index contributed by atoms with van der Waals surface area (Å²) < 4.78 is 43.4. The van der Waals surface area contributed by atoms with Gasteiger partial charge in [0.15, 0.2) is 5.82 Å². The van der Waals surface area contributed by atoms with Crippen molar-refractivity contribution < 1.29 is 22.5 Å². The molecule has 3 rings (SSSR count). The predicted molar refractivity (Wildman–Crippen MR) is 102 cm³/mol. The Morgan fingerprint density at radius 1 is 1.34 bits per heavy atom. The van der Waals surface area contributed by atoms with E-state index in [1.54, 1.807) is 31.2 Å². The van der Waals surface area contributed by atoms with Gasteiger partial charge in [-0.15, -0.1) is 0 Å². The number of hydrogen-bond donors (Lipinski definition) is 2. The summed E-state index contributed by atoms with van der Waals surface area (Å²) in [4.78, 5) is 16.2. The highest BCUT2D eigenvalue weighted by molar-refractivity contribution is 6.04. The number of amidine groups is 1. The fourth-order valence-electron chi connectivity index (χ4n) is 2.47. The van der Waals surface area contributed by atoms with E-state index in [-0.39, 0.29) is 17.9 Å². The summed E-state index contributed by atoms with van der Waals surface area (Å²) in [6.45, 7) is 5.66. The van der Waals surface area contributed by atoms with E-state index in [1.165, 1.54) is 12.1 Å². The number of alkyl halides is 3. The lowest BCUT2D eigenvalue weighted by atomic mass is 10.1. The normalized spacial score (nSPS) is 15.4. The molecule has 2 N–H and O–H groups in total. The van der Waals surface area contributed by atoms with Gasteiger partial charge in [0, 0.05) is 22.9 Å². The van der Waals surface area contributed by atoms with Crippen LogP contribution in [-0.4, -0.2) is 23.4 Å². The van der Waals surface area contributed by atoms with Crippen LogP contribution in [0.5, 0.6) is 0 Å². The third-order valence-corrected chi connectivity index (χ3v) is 3.91. The molecule has 0 aliphatic carbocycles.